The van der Waals surface area contributed by atoms with E-state index in [0.29, 0.717) is 24.8 Å². The van der Waals surface area contributed by atoms with Crippen molar-refractivity contribution in [3.8, 4) is 0 Å². The maximum atomic E-state index is 13.3. The van der Waals surface area contributed by atoms with Crippen molar-refractivity contribution in [3.63, 3.8) is 0 Å². The summed E-state index contributed by atoms with van der Waals surface area (Å²) in [6.45, 7) is 0.566. The summed E-state index contributed by atoms with van der Waals surface area (Å²) in [6, 6.07) is -0.192. The monoisotopic (exact) mass is 321 g/mol. The maximum absolute atomic E-state index is 13.3. The number of ether oxygens (including phenoxy) is 1. The second-order valence-electron chi connectivity index (χ2n) is 8.29. The minimum atomic E-state index is -0.824. The number of carboxylic acids is 1. The molecule has 0 aromatic rings. The predicted molar refractivity (Wildman–Crippen MR) is 83.7 cm³/mol. The number of carboxylic acid groups (broad SMARTS) is 1. The zero-order valence-corrected chi connectivity index (χ0v) is 13.8. The predicted octanol–water partition coefficient (Wildman–Crippen LogP) is 2.15. The molecule has 5 rings (SSSR count). The molecule has 1 amide bonds. The molecule has 0 radical (unpaired) electrons. The summed E-state index contributed by atoms with van der Waals surface area (Å²) >= 11 is 0. The number of carbonyl (C=O) groups is 2. The van der Waals surface area contributed by atoms with E-state index >= 15 is 0 Å². The molecule has 0 spiro atoms. The molecule has 4 aliphatic carbocycles. The molecule has 5 nitrogen and oxygen atoms in total. The Labute approximate surface area is 137 Å². The van der Waals surface area contributed by atoms with Gasteiger partial charge in [0.1, 0.15) is 0 Å². The zero-order valence-electron chi connectivity index (χ0n) is 13.8. The van der Waals surface area contributed by atoms with E-state index in [2.05, 4.69) is 0 Å². The number of hydrogen-bond acceptors (Lipinski definition) is 3. The van der Waals surface area contributed by atoms with Crippen LogP contribution in [0, 0.1) is 29.6 Å². The molecule has 1 N–H and O–H groups in total. The lowest BCUT2D eigenvalue weighted by atomic mass is 9.51. The molecule has 1 heterocycles. The van der Waals surface area contributed by atoms with E-state index < -0.39 is 5.97 Å². The topological polar surface area (TPSA) is 66.8 Å². The summed E-state index contributed by atoms with van der Waals surface area (Å²) in [5.41, 5.74) is 0. The number of rotatable bonds is 4. The van der Waals surface area contributed by atoms with Gasteiger partial charge in [0.15, 0.2) is 0 Å². The van der Waals surface area contributed by atoms with Gasteiger partial charge >= 0.3 is 5.97 Å². The lowest BCUT2D eigenvalue weighted by Crippen LogP contribution is -2.53. The fraction of sp³-hybridized carbons (Fsp3) is 0.889. The fourth-order valence-electron chi connectivity index (χ4n) is 6.23. The van der Waals surface area contributed by atoms with E-state index in [1.165, 1.54) is 32.1 Å². The normalized spacial score (nSPS) is 44.7. The Hall–Kier alpha value is -1.10. The van der Waals surface area contributed by atoms with E-state index in [0.717, 1.165) is 11.8 Å². The van der Waals surface area contributed by atoms with Crippen LogP contribution in [0.25, 0.3) is 0 Å². The van der Waals surface area contributed by atoms with Gasteiger partial charge in [-0.05, 0) is 62.2 Å². The van der Waals surface area contributed by atoms with Crippen molar-refractivity contribution in [1.29, 1.82) is 0 Å². The van der Waals surface area contributed by atoms with Crippen LogP contribution in [-0.4, -0.2) is 47.7 Å². The average Bonchev–Trinajstić information content (AvgIpc) is 2.88. The molecule has 5 aliphatic rings. The van der Waals surface area contributed by atoms with Crippen LogP contribution < -0.4 is 0 Å². The van der Waals surface area contributed by atoms with Crippen LogP contribution in [0.4, 0.5) is 0 Å². The van der Waals surface area contributed by atoms with Gasteiger partial charge in [0.05, 0.1) is 12.5 Å². The highest BCUT2D eigenvalue weighted by Gasteiger charge is 2.53. The van der Waals surface area contributed by atoms with Crippen LogP contribution in [0.15, 0.2) is 0 Å². The fourth-order valence-corrected chi connectivity index (χ4v) is 6.23. The van der Waals surface area contributed by atoms with Gasteiger partial charge in [0.2, 0.25) is 5.91 Å². The number of methoxy groups -OCH3 is 1. The van der Waals surface area contributed by atoms with Gasteiger partial charge in [0, 0.05) is 25.6 Å². The molecule has 2 atom stereocenters. The van der Waals surface area contributed by atoms with Crippen LogP contribution in [0.5, 0.6) is 0 Å². The Kier molecular flexibility index (Phi) is 3.87. The number of amides is 1. The highest BCUT2D eigenvalue weighted by Crippen LogP contribution is 2.57. The lowest BCUT2D eigenvalue weighted by molar-refractivity contribution is -0.151. The molecule has 1 aliphatic heterocycles. The van der Waals surface area contributed by atoms with E-state index in [9.17, 15) is 9.59 Å². The van der Waals surface area contributed by atoms with Gasteiger partial charge in [-0.1, -0.05) is 0 Å². The first-order chi connectivity index (χ1) is 11.0. The molecule has 5 heteroatoms. The van der Waals surface area contributed by atoms with Crippen molar-refractivity contribution in [2.24, 2.45) is 29.6 Å². The lowest BCUT2D eigenvalue weighted by Gasteiger charge is -2.54. The molecular formula is C18H27NO4. The van der Waals surface area contributed by atoms with Crippen LogP contribution in [0.2, 0.25) is 0 Å². The average molecular weight is 321 g/mol. The van der Waals surface area contributed by atoms with Gasteiger partial charge in [-0.2, -0.15) is 0 Å². The minimum Gasteiger partial charge on any atom is -0.481 e. The largest absolute Gasteiger partial charge is 0.481 e. The Balaban J connectivity index is 1.52. The molecular weight excluding hydrogens is 294 g/mol. The first-order valence-corrected chi connectivity index (χ1v) is 9.10. The molecule has 4 bridgehead atoms. The Bertz CT molecular complexity index is 477. The molecule has 2 unspecified atom stereocenters. The van der Waals surface area contributed by atoms with Gasteiger partial charge in [-0.25, -0.2) is 0 Å². The molecule has 0 aromatic heterocycles. The first-order valence-electron chi connectivity index (χ1n) is 9.10. The Morgan fingerprint density at radius 1 is 1.04 bits per heavy atom. The maximum Gasteiger partial charge on any atom is 0.305 e. The van der Waals surface area contributed by atoms with Crippen molar-refractivity contribution >= 4 is 11.9 Å². The third kappa shape index (κ3) is 2.67. The number of nitrogens with zero attached hydrogens (tertiary/aromatic N) is 1. The summed E-state index contributed by atoms with van der Waals surface area (Å²) < 4.78 is 5.42. The molecule has 23 heavy (non-hydrogen) atoms. The molecule has 0 aromatic carbocycles. The minimum absolute atomic E-state index is 0.0138. The molecule has 1 saturated heterocycles. The summed E-state index contributed by atoms with van der Waals surface area (Å²) in [7, 11) is 1.65. The van der Waals surface area contributed by atoms with Crippen molar-refractivity contribution in [2.75, 3.05) is 13.7 Å². The SMILES string of the molecule is COC1CC(CC(=O)O)N(C(=O)C2C3CC4CC(C3)CC2C4)C1. The van der Waals surface area contributed by atoms with Gasteiger partial charge < -0.3 is 14.7 Å². The van der Waals surface area contributed by atoms with E-state index in [1.54, 1.807) is 7.11 Å². The molecule has 128 valence electrons. The van der Waals surface area contributed by atoms with Crippen LogP contribution in [0.1, 0.15) is 44.9 Å². The summed E-state index contributed by atoms with van der Waals surface area (Å²) in [6.07, 6.45) is 6.93. The quantitative estimate of drug-likeness (QED) is 0.861. The van der Waals surface area contributed by atoms with E-state index in [-0.39, 0.29) is 30.4 Å². The van der Waals surface area contributed by atoms with Gasteiger partial charge in [-0.3, -0.25) is 9.59 Å². The van der Waals surface area contributed by atoms with Crippen molar-refractivity contribution in [3.05, 3.63) is 0 Å². The number of aliphatic carboxylic acids is 1. The molecule has 5 fully saturated rings. The Morgan fingerprint density at radius 3 is 2.17 bits per heavy atom. The summed E-state index contributed by atoms with van der Waals surface area (Å²) in [4.78, 5) is 26.3. The third-order valence-corrected chi connectivity index (χ3v) is 6.91. The summed E-state index contributed by atoms with van der Waals surface area (Å²) in [5.74, 6) is 2.34. The highest BCUT2D eigenvalue weighted by atomic mass is 16.5. The second-order valence-corrected chi connectivity index (χ2v) is 8.29. The van der Waals surface area contributed by atoms with Crippen LogP contribution >= 0.6 is 0 Å². The van der Waals surface area contributed by atoms with Gasteiger partial charge in [-0.15, -0.1) is 0 Å². The summed E-state index contributed by atoms with van der Waals surface area (Å²) in [5, 5.41) is 9.17. The van der Waals surface area contributed by atoms with Crippen molar-refractivity contribution in [1.82, 2.24) is 4.90 Å². The number of carbonyl (C=O) groups excluding carboxylic acids is 1. The first kappa shape index (κ1) is 15.4. The standard InChI is InChI=1S/C18H27NO4/c1-23-15-7-14(8-16(20)21)19(9-15)18(22)17-12-3-10-2-11(5-12)6-13(17)4-10/h10-15,17H,2-9H2,1H3,(H,20,21). The van der Waals surface area contributed by atoms with Crippen LogP contribution in [0.3, 0.4) is 0 Å². The third-order valence-electron chi connectivity index (χ3n) is 6.91. The molecule has 4 saturated carbocycles. The number of hydrogen-bond donors (Lipinski definition) is 1. The second kappa shape index (κ2) is 5.76. The number of likely N-dealkylation sites (tertiary alicyclic amines) is 1. The zero-order chi connectivity index (χ0) is 16.1. The van der Waals surface area contributed by atoms with Crippen molar-refractivity contribution in [2.45, 2.75) is 57.1 Å². The van der Waals surface area contributed by atoms with Crippen molar-refractivity contribution < 1.29 is 19.4 Å². The van der Waals surface area contributed by atoms with E-state index in [1.807, 2.05) is 4.90 Å². The Morgan fingerprint density at radius 2 is 1.65 bits per heavy atom. The highest BCUT2D eigenvalue weighted by molar-refractivity contribution is 5.81. The van der Waals surface area contributed by atoms with E-state index in [4.69, 9.17) is 9.84 Å². The van der Waals surface area contributed by atoms with Crippen LogP contribution in [-0.2, 0) is 14.3 Å². The smallest absolute Gasteiger partial charge is 0.305 e. The van der Waals surface area contributed by atoms with Gasteiger partial charge in [0.25, 0.3) is 0 Å².